The average molecular weight is 1060 g/mol. The monoisotopic (exact) mass is 1060 g/mol. The lowest BCUT2D eigenvalue weighted by Crippen LogP contribution is -2.60. The Balaban J connectivity index is 2.08. The number of carbonyl (C=O) groups is 1. The molecule has 75 heavy (non-hydrogen) atoms. The molecule has 1 heterocycles. The van der Waals surface area contributed by atoms with E-state index in [4.69, 9.17) is 9.47 Å². The number of hydrogen-bond donors (Lipinski definition) is 6. The fraction of sp³-hybridized carbons (Fsp3) is 0.924. The van der Waals surface area contributed by atoms with Crippen LogP contribution in [0, 0.1) is 0 Å². The number of unbranched alkanes of at least 4 members (excludes halogenated alkanes) is 46. The van der Waals surface area contributed by atoms with Crippen molar-refractivity contribution in [3.05, 3.63) is 24.3 Å². The van der Waals surface area contributed by atoms with Crippen LogP contribution in [0.1, 0.15) is 335 Å². The Morgan fingerprint density at radius 3 is 1.08 bits per heavy atom. The third kappa shape index (κ3) is 45.1. The van der Waals surface area contributed by atoms with Crippen LogP contribution in [0.25, 0.3) is 0 Å². The van der Waals surface area contributed by atoms with Crippen molar-refractivity contribution < 1.29 is 39.8 Å². The summed E-state index contributed by atoms with van der Waals surface area (Å²) in [5, 5.41) is 54.6. The van der Waals surface area contributed by atoms with E-state index in [-0.39, 0.29) is 12.5 Å². The second-order valence-corrected chi connectivity index (χ2v) is 23.3. The van der Waals surface area contributed by atoms with Gasteiger partial charge in [-0.2, -0.15) is 0 Å². The van der Waals surface area contributed by atoms with Gasteiger partial charge in [0.1, 0.15) is 24.4 Å². The van der Waals surface area contributed by atoms with Crippen molar-refractivity contribution in [2.24, 2.45) is 0 Å². The molecule has 7 unspecified atom stereocenters. The lowest BCUT2D eigenvalue weighted by molar-refractivity contribution is -0.302. The molecule has 0 spiro atoms. The molecule has 0 aromatic carbocycles. The van der Waals surface area contributed by atoms with Crippen molar-refractivity contribution >= 4 is 5.91 Å². The van der Waals surface area contributed by atoms with Gasteiger partial charge in [0.25, 0.3) is 0 Å². The number of carbonyl (C=O) groups excluding carboxylic acids is 1. The largest absolute Gasteiger partial charge is 0.394 e. The predicted molar refractivity (Wildman–Crippen MR) is 318 cm³/mol. The Hall–Kier alpha value is -1.33. The molecule has 9 heteroatoms. The number of hydrogen-bond acceptors (Lipinski definition) is 8. The summed E-state index contributed by atoms with van der Waals surface area (Å²) in [6.07, 6.45) is 65.7. The molecule has 1 aliphatic heterocycles. The average Bonchev–Trinajstić information content (AvgIpc) is 3.41. The van der Waals surface area contributed by atoms with Gasteiger partial charge in [-0.3, -0.25) is 4.79 Å². The van der Waals surface area contributed by atoms with E-state index in [1.165, 1.54) is 276 Å². The SMILES string of the molecule is CCCCCCCCCC/C=C\CCCCCCCCCCCCCCCCCCCCCCCCCC(=O)NC(COC1OC(CO)C(O)C(O)C1O)C(O)/C=C/CCCCCCCCCCCCCCCCC. The molecule has 1 fully saturated rings. The normalized spacial score (nSPS) is 18.9. The minimum atomic E-state index is -1.56. The van der Waals surface area contributed by atoms with Gasteiger partial charge in [-0.05, 0) is 44.9 Å². The number of rotatable bonds is 58. The number of amides is 1. The van der Waals surface area contributed by atoms with Crippen LogP contribution in [-0.2, 0) is 14.3 Å². The topological polar surface area (TPSA) is 149 Å². The lowest BCUT2D eigenvalue weighted by atomic mass is 9.99. The summed E-state index contributed by atoms with van der Waals surface area (Å²) in [5.74, 6) is -0.170. The summed E-state index contributed by atoms with van der Waals surface area (Å²) in [4.78, 5) is 13.1. The molecule has 444 valence electrons. The summed E-state index contributed by atoms with van der Waals surface area (Å²) in [6, 6.07) is -0.802. The highest BCUT2D eigenvalue weighted by Gasteiger charge is 2.44. The third-order valence-electron chi connectivity index (χ3n) is 16.0. The molecule has 7 atom stereocenters. The molecule has 9 nitrogen and oxygen atoms in total. The third-order valence-corrected chi connectivity index (χ3v) is 16.0. The first-order chi connectivity index (χ1) is 36.8. The Kier molecular flexibility index (Phi) is 53.5. The molecule has 0 radical (unpaired) electrons. The van der Waals surface area contributed by atoms with Crippen molar-refractivity contribution in [2.45, 2.75) is 378 Å². The summed E-state index contributed by atoms with van der Waals surface area (Å²) in [6.45, 7) is 3.82. The van der Waals surface area contributed by atoms with Crippen molar-refractivity contribution in [1.29, 1.82) is 0 Å². The highest BCUT2D eigenvalue weighted by molar-refractivity contribution is 5.76. The van der Waals surface area contributed by atoms with Gasteiger partial charge in [0.2, 0.25) is 5.91 Å². The zero-order valence-electron chi connectivity index (χ0n) is 49.6. The molecule has 0 aromatic heterocycles. The van der Waals surface area contributed by atoms with Crippen molar-refractivity contribution in [2.75, 3.05) is 13.2 Å². The molecule has 1 saturated heterocycles. The Morgan fingerprint density at radius 2 is 0.747 bits per heavy atom. The van der Waals surface area contributed by atoms with Crippen LogP contribution >= 0.6 is 0 Å². The van der Waals surface area contributed by atoms with Crippen LogP contribution in [-0.4, -0.2) is 87.5 Å². The molecule has 0 aromatic rings. The highest BCUT2D eigenvalue weighted by atomic mass is 16.7. The van der Waals surface area contributed by atoms with E-state index in [0.717, 1.165) is 38.5 Å². The van der Waals surface area contributed by atoms with Crippen molar-refractivity contribution in [3.8, 4) is 0 Å². The fourth-order valence-corrected chi connectivity index (χ4v) is 10.8. The highest BCUT2D eigenvalue weighted by Crippen LogP contribution is 2.23. The fourth-order valence-electron chi connectivity index (χ4n) is 10.8. The Bertz CT molecular complexity index is 1230. The van der Waals surface area contributed by atoms with Gasteiger partial charge >= 0.3 is 0 Å². The van der Waals surface area contributed by atoms with Crippen LogP contribution in [0.4, 0.5) is 0 Å². The summed E-state index contributed by atoms with van der Waals surface area (Å²) in [7, 11) is 0. The molecule has 1 amide bonds. The summed E-state index contributed by atoms with van der Waals surface area (Å²) in [5.41, 5.74) is 0. The van der Waals surface area contributed by atoms with E-state index in [1.807, 2.05) is 6.08 Å². The molecule has 6 N–H and O–H groups in total. The first-order valence-electron chi connectivity index (χ1n) is 33.1. The van der Waals surface area contributed by atoms with Crippen molar-refractivity contribution in [1.82, 2.24) is 5.32 Å². The smallest absolute Gasteiger partial charge is 0.220 e. The predicted octanol–water partition coefficient (Wildman–Crippen LogP) is 17.3. The first-order valence-corrected chi connectivity index (χ1v) is 33.1. The molecule has 1 aliphatic rings. The van der Waals surface area contributed by atoms with Crippen LogP contribution in [0.15, 0.2) is 24.3 Å². The van der Waals surface area contributed by atoms with Gasteiger partial charge < -0.3 is 40.3 Å². The molecular weight excluding hydrogens is 935 g/mol. The number of ether oxygens (including phenoxy) is 2. The van der Waals surface area contributed by atoms with Gasteiger partial charge in [-0.1, -0.05) is 308 Å². The Labute approximate surface area is 464 Å². The van der Waals surface area contributed by atoms with Crippen LogP contribution in [0.5, 0.6) is 0 Å². The zero-order valence-corrected chi connectivity index (χ0v) is 49.6. The van der Waals surface area contributed by atoms with E-state index in [9.17, 15) is 30.3 Å². The Morgan fingerprint density at radius 1 is 0.440 bits per heavy atom. The maximum atomic E-state index is 13.1. The summed E-state index contributed by atoms with van der Waals surface area (Å²) >= 11 is 0. The van der Waals surface area contributed by atoms with Crippen LogP contribution in [0.3, 0.4) is 0 Å². The maximum absolute atomic E-state index is 13.1. The number of allylic oxidation sites excluding steroid dienone is 3. The van der Waals surface area contributed by atoms with Crippen molar-refractivity contribution in [3.63, 3.8) is 0 Å². The van der Waals surface area contributed by atoms with Gasteiger partial charge in [-0.15, -0.1) is 0 Å². The van der Waals surface area contributed by atoms with E-state index in [2.05, 4.69) is 31.3 Å². The second-order valence-electron chi connectivity index (χ2n) is 23.3. The molecular formula is C66H127NO8. The standard InChI is InChI=1S/C66H127NO8/c1-3-5-7-9-11-13-15-17-19-21-22-23-24-25-26-27-28-29-30-31-32-33-34-35-36-37-38-40-42-44-46-48-50-52-54-56-62(70)67-59(58-74-66-65(73)64(72)63(71)61(57-68)75-66)60(69)55-53-51-49-47-45-43-41-39-20-18-16-14-12-10-8-6-4-2/h21-22,53,55,59-61,63-66,68-69,71-73H,3-20,23-52,54,56-58H2,1-2H3,(H,67,70)/b22-21-,55-53+. The van der Waals surface area contributed by atoms with E-state index < -0.39 is 49.5 Å². The maximum Gasteiger partial charge on any atom is 0.220 e. The quantitative estimate of drug-likeness (QED) is 0.0261. The van der Waals surface area contributed by atoms with Crippen LogP contribution < -0.4 is 5.32 Å². The van der Waals surface area contributed by atoms with Gasteiger partial charge in [-0.25, -0.2) is 0 Å². The second kappa shape index (κ2) is 56.0. The molecule has 0 bridgehead atoms. The number of aliphatic hydroxyl groups is 5. The van der Waals surface area contributed by atoms with E-state index >= 15 is 0 Å². The van der Waals surface area contributed by atoms with E-state index in [0.29, 0.717) is 6.42 Å². The van der Waals surface area contributed by atoms with Crippen LogP contribution in [0.2, 0.25) is 0 Å². The lowest BCUT2D eigenvalue weighted by Gasteiger charge is -2.40. The zero-order chi connectivity index (χ0) is 54.3. The summed E-state index contributed by atoms with van der Waals surface area (Å²) < 4.78 is 11.3. The van der Waals surface area contributed by atoms with Gasteiger partial charge in [0.15, 0.2) is 6.29 Å². The van der Waals surface area contributed by atoms with E-state index in [1.54, 1.807) is 6.08 Å². The number of nitrogens with one attached hydrogen (secondary N) is 1. The minimum absolute atomic E-state index is 0.170. The first kappa shape index (κ1) is 71.7. The molecule has 1 rings (SSSR count). The van der Waals surface area contributed by atoms with Gasteiger partial charge in [0, 0.05) is 6.42 Å². The minimum Gasteiger partial charge on any atom is -0.394 e. The van der Waals surface area contributed by atoms with Gasteiger partial charge in [0.05, 0.1) is 25.4 Å². The number of aliphatic hydroxyl groups excluding tert-OH is 5. The molecule has 0 saturated carbocycles. The molecule has 0 aliphatic carbocycles.